The van der Waals surface area contributed by atoms with Crippen molar-refractivity contribution in [1.29, 1.82) is 0 Å². The highest BCUT2D eigenvalue weighted by Gasteiger charge is 2.27. The first-order valence-electron chi connectivity index (χ1n) is 13.9. The molecule has 0 amide bonds. The van der Waals surface area contributed by atoms with Gasteiger partial charge in [0, 0.05) is 22.3 Å². The molecule has 204 valence electrons. The van der Waals surface area contributed by atoms with Gasteiger partial charge in [0.05, 0.1) is 7.92 Å². The highest BCUT2D eigenvalue weighted by Crippen LogP contribution is 2.33. The Balaban J connectivity index is 1.49. The van der Waals surface area contributed by atoms with Crippen molar-refractivity contribution >= 4 is 24.4 Å². The molecule has 43 heavy (non-hydrogen) atoms. The van der Waals surface area contributed by atoms with E-state index >= 15 is 0 Å². The molecule has 5 aromatic carbocycles. The number of hydrogen-bond acceptors (Lipinski definition) is 6. The van der Waals surface area contributed by atoms with Gasteiger partial charge < -0.3 is 0 Å². The van der Waals surface area contributed by atoms with E-state index in [1.165, 1.54) is 0 Å². The van der Waals surface area contributed by atoms with Crippen LogP contribution in [0.1, 0.15) is 0 Å². The summed E-state index contributed by atoms with van der Waals surface area (Å²) in [6, 6.07) is 50.3. The maximum absolute atomic E-state index is 5.09. The van der Waals surface area contributed by atoms with Gasteiger partial charge in [0.2, 0.25) is 0 Å². The van der Waals surface area contributed by atoms with E-state index in [2.05, 4.69) is 12.1 Å². The molecular formula is C36H25N6P. The van der Waals surface area contributed by atoms with Crippen molar-refractivity contribution in [3.8, 4) is 45.6 Å². The maximum atomic E-state index is 5.09. The van der Waals surface area contributed by atoms with E-state index in [-0.39, 0.29) is 0 Å². The van der Waals surface area contributed by atoms with Gasteiger partial charge in [-0.15, -0.1) is 0 Å². The fourth-order valence-electron chi connectivity index (χ4n) is 4.69. The second kappa shape index (κ2) is 12.2. The second-order valence-corrected chi connectivity index (χ2v) is 11.7. The van der Waals surface area contributed by atoms with E-state index in [0.29, 0.717) is 34.4 Å². The van der Waals surface area contributed by atoms with Crippen molar-refractivity contribution in [2.45, 2.75) is 0 Å². The zero-order valence-corrected chi connectivity index (χ0v) is 24.0. The van der Waals surface area contributed by atoms with Crippen molar-refractivity contribution in [2.75, 3.05) is 0 Å². The fourth-order valence-corrected chi connectivity index (χ4v) is 6.58. The van der Waals surface area contributed by atoms with E-state index in [1.807, 2.05) is 140 Å². The van der Waals surface area contributed by atoms with E-state index in [4.69, 9.17) is 29.9 Å². The molecule has 2 heterocycles. The van der Waals surface area contributed by atoms with Crippen molar-refractivity contribution in [1.82, 2.24) is 29.9 Å². The van der Waals surface area contributed by atoms with Gasteiger partial charge in [0.1, 0.15) is 0 Å². The van der Waals surface area contributed by atoms with Crippen molar-refractivity contribution in [3.63, 3.8) is 0 Å². The maximum Gasteiger partial charge on any atom is 0.167 e. The van der Waals surface area contributed by atoms with Crippen LogP contribution in [0.15, 0.2) is 152 Å². The third-order valence-corrected chi connectivity index (χ3v) is 8.80. The highest BCUT2D eigenvalue weighted by molar-refractivity contribution is 7.79. The molecule has 0 aliphatic rings. The molecule has 0 aliphatic heterocycles. The topological polar surface area (TPSA) is 77.3 Å². The Morgan fingerprint density at radius 3 is 0.814 bits per heavy atom. The number of nitrogens with zero attached hydrogens (tertiary/aromatic N) is 6. The first-order chi connectivity index (χ1) is 21.3. The summed E-state index contributed by atoms with van der Waals surface area (Å²) in [5.74, 6) is 2.42. The second-order valence-electron chi connectivity index (χ2n) is 9.70. The molecule has 7 aromatic rings. The molecule has 0 N–H and O–H groups in total. The first kappa shape index (κ1) is 26.4. The Morgan fingerprint density at radius 2 is 0.535 bits per heavy atom. The standard InChI is InChI=1S/C36H25N6P/c1-6-16-26(17-7-1)31-37-32(27-18-8-2-9-19-27)40-35(39-31)43(30-24-14-5-15-25-30)36-41-33(28-20-10-3-11-21-28)38-34(42-36)29-22-12-4-13-23-29/h1-25H. The average molecular weight is 573 g/mol. The largest absolute Gasteiger partial charge is 0.208 e. The minimum atomic E-state index is -1.40. The highest BCUT2D eigenvalue weighted by atomic mass is 31.1. The average Bonchev–Trinajstić information content (AvgIpc) is 3.10. The predicted octanol–water partition coefficient (Wildman–Crippen LogP) is 6.48. The van der Waals surface area contributed by atoms with Crippen LogP contribution in [0, 0.1) is 0 Å². The summed E-state index contributed by atoms with van der Waals surface area (Å²) in [4.78, 5) is 30.2. The lowest BCUT2D eigenvalue weighted by Crippen LogP contribution is -2.31. The Hall–Kier alpha value is -5.45. The summed E-state index contributed by atoms with van der Waals surface area (Å²) in [5.41, 5.74) is 4.90. The van der Waals surface area contributed by atoms with Crippen LogP contribution in [0.3, 0.4) is 0 Å². The van der Waals surface area contributed by atoms with Gasteiger partial charge in [-0.3, -0.25) is 0 Å². The molecule has 0 aliphatic carbocycles. The predicted molar refractivity (Wildman–Crippen MR) is 174 cm³/mol. The van der Waals surface area contributed by atoms with Gasteiger partial charge in [-0.1, -0.05) is 152 Å². The lowest BCUT2D eigenvalue weighted by molar-refractivity contribution is 1.10. The van der Waals surface area contributed by atoms with E-state index < -0.39 is 7.92 Å². The minimum Gasteiger partial charge on any atom is -0.208 e. The SMILES string of the molecule is c1ccc(-c2nc(-c3ccccc3)nc(P(c3ccccc3)c3nc(-c4ccccc4)nc(-c4ccccc4)n3)n2)cc1. The molecule has 2 aromatic heterocycles. The van der Waals surface area contributed by atoms with Crippen LogP contribution in [0.5, 0.6) is 0 Å². The minimum absolute atomic E-state index is 0.605. The van der Waals surface area contributed by atoms with Crippen molar-refractivity contribution < 1.29 is 0 Å². The molecule has 0 bridgehead atoms. The van der Waals surface area contributed by atoms with Crippen molar-refractivity contribution in [2.24, 2.45) is 0 Å². The number of benzene rings is 5. The molecule has 0 saturated heterocycles. The lowest BCUT2D eigenvalue weighted by atomic mass is 10.2. The van der Waals surface area contributed by atoms with Gasteiger partial charge in [-0.2, -0.15) is 0 Å². The smallest absolute Gasteiger partial charge is 0.167 e. The molecule has 0 radical (unpaired) electrons. The third kappa shape index (κ3) is 5.82. The molecule has 7 rings (SSSR count). The Bertz CT molecular complexity index is 1710. The Kier molecular flexibility index (Phi) is 7.50. The monoisotopic (exact) mass is 572 g/mol. The third-order valence-electron chi connectivity index (χ3n) is 6.79. The van der Waals surface area contributed by atoms with Crippen LogP contribution in [-0.4, -0.2) is 29.9 Å². The lowest BCUT2D eigenvalue weighted by Gasteiger charge is -2.18. The molecule has 0 atom stereocenters. The summed E-state index contributed by atoms with van der Waals surface area (Å²) in [6.45, 7) is 0. The zero-order chi connectivity index (χ0) is 28.8. The Morgan fingerprint density at radius 1 is 0.279 bits per heavy atom. The van der Waals surface area contributed by atoms with E-state index in [9.17, 15) is 0 Å². The summed E-state index contributed by atoms with van der Waals surface area (Å²) in [5, 5.41) is 1.03. The van der Waals surface area contributed by atoms with Crippen LogP contribution < -0.4 is 16.4 Å². The summed E-state index contributed by atoms with van der Waals surface area (Å²) in [6.07, 6.45) is 0. The molecular weight excluding hydrogens is 547 g/mol. The van der Waals surface area contributed by atoms with Gasteiger partial charge >= 0.3 is 0 Å². The van der Waals surface area contributed by atoms with Crippen LogP contribution >= 0.6 is 7.92 Å². The summed E-state index contributed by atoms with van der Waals surface area (Å²) < 4.78 is 0. The normalized spacial score (nSPS) is 11.0. The van der Waals surface area contributed by atoms with Crippen LogP contribution in [0.2, 0.25) is 0 Å². The van der Waals surface area contributed by atoms with Crippen molar-refractivity contribution in [3.05, 3.63) is 152 Å². The fraction of sp³-hybridized carbons (Fsp3) is 0. The molecule has 0 unspecified atom stereocenters. The molecule has 0 spiro atoms. The zero-order valence-electron chi connectivity index (χ0n) is 23.1. The summed E-state index contributed by atoms with van der Waals surface area (Å²) in [7, 11) is -1.40. The van der Waals surface area contributed by atoms with Gasteiger partial charge in [-0.05, 0) is 5.30 Å². The molecule has 0 fully saturated rings. The van der Waals surface area contributed by atoms with Gasteiger partial charge in [0.25, 0.3) is 0 Å². The number of aromatic nitrogens is 6. The van der Waals surface area contributed by atoms with Crippen LogP contribution in [0.25, 0.3) is 45.6 Å². The molecule has 0 saturated carbocycles. The van der Waals surface area contributed by atoms with Gasteiger partial charge in [-0.25, -0.2) is 29.9 Å². The quantitative estimate of drug-likeness (QED) is 0.204. The molecule has 7 heteroatoms. The number of hydrogen-bond donors (Lipinski definition) is 0. The molecule has 6 nitrogen and oxygen atoms in total. The summed E-state index contributed by atoms with van der Waals surface area (Å²) >= 11 is 0. The van der Waals surface area contributed by atoms with Gasteiger partial charge in [0.15, 0.2) is 34.4 Å². The van der Waals surface area contributed by atoms with Crippen LogP contribution in [0.4, 0.5) is 0 Å². The van der Waals surface area contributed by atoms with E-state index in [0.717, 1.165) is 27.6 Å². The first-order valence-corrected chi connectivity index (χ1v) is 15.2. The number of rotatable bonds is 7. The van der Waals surface area contributed by atoms with Crippen LogP contribution in [-0.2, 0) is 0 Å². The Labute approximate surface area is 251 Å². The van der Waals surface area contributed by atoms with E-state index in [1.54, 1.807) is 0 Å².